The molecule has 5 heteroatoms. The summed E-state index contributed by atoms with van der Waals surface area (Å²) < 4.78 is 5.73. The first-order valence-corrected chi connectivity index (χ1v) is 12.8. The van der Waals surface area contributed by atoms with E-state index in [1.807, 2.05) is 13.8 Å². The molecule has 1 aliphatic heterocycles. The Bertz CT molecular complexity index is 482. The van der Waals surface area contributed by atoms with Gasteiger partial charge in [0.25, 0.3) is 0 Å². The second kappa shape index (κ2) is 13.5. The van der Waals surface area contributed by atoms with Gasteiger partial charge in [-0.2, -0.15) is 0 Å². The first-order chi connectivity index (χ1) is 14.4. The highest BCUT2D eigenvalue weighted by atomic mass is 16.6. The minimum atomic E-state index is -0.739. The number of hydrogen-bond donors (Lipinski definition) is 4. The zero-order valence-corrected chi connectivity index (χ0v) is 21.1. The molecule has 8 atom stereocenters. The molecule has 0 spiro atoms. The molecule has 1 fully saturated rings. The highest BCUT2D eigenvalue weighted by Gasteiger charge is 2.57. The molecule has 0 aliphatic carbocycles. The summed E-state index contributed by atoms with van der Waals surface area (Å²) >= 11 is 0. The molecule has 5 nitrogen and oxygen atoms in total. The molecule has 1 rings (SSSR count). The molecule has 1 saturated heterocycles. The van der Waals surface area contributed by atoms with Crippen molar-refractivity contribution in [2.45, 2.75) is 142 Å². The van der Waals surface area contributed by atoms with Gasteiger partial charge < -0.3 is 25.2 Å². The smallest absolute Gasteiger partial charge is 0.118 e. The maximum Gasteiger partial charge on any atom is 0.118 e. The molecule has 4 N–H and O–H groups in total. The maximum atomic E-state index is 10.6. The predicted molar refractivity (Wildman–Crippen MR) is 127 cm³/mol. The first-order valence-electron chi connectivity index (χ1n) is 12.8. The molecule has 0 radical (unpaired) electrons. The highest BCUT2D eigenvalue weighted by molar-refractivity contribution is 5.04. The van der Waals surface area contributed by atoms with Gasteiger partial charge in [-0.05, 0) is 76.5 Å². The summed E-state index contributed by atoms with van der Waals surface area (Å²) in [6.07, 6.45) is 9.24. The lowest BCUT2D eigenvalue weighted by molar-refractivity contribution is 0.0180. The number of epoxide rings is 1. The Hall–Kier alpha value is -0.200. The van der Waals surface area contributed by atoms with Crippen molar-refractivity contribution in [1.82, 2.24) is 0 Å². The van der Waals surface area contributed by atoms with Crippen molar-refractivity contribution in [3.8, 4) is 0 Å². The van der Waals surface area contributed by atoms with Crippen molar-refractivity contribution >= 4 is 0 Å². The lowest BCUT2D eigenvalue weighted by Crippen LogP contribution is -2.34. The van der Waals surface area contributed by atoms with Crippen LogP contribution in [0.2, 0.25) is 0 Å². The fourth-order valence-corrected chi connectivity index (χ4v) is 5.18. The maximum absolute atomic E-state index is 10.6. The minimum Gasteiger partial charge on any atom is -0.396 e. The van der Waals surface area contributed by atoms with E-state index in [4.69, 9.17) is 9.84 Å². The quantitative estimate of drug-likeness (QED) is 0.227. The Balaban J connectivity index is 2.16. The van der Waals surface area contributed by atoms with Gasteiger partial charge in [-0.3, -0.25) is 0 Å². The fraction of sp³-hybridized carbons (Fsp3) is 1.00. The van der Waals surface area contributed by atoms with Gasteiger partial charge in [0.15, 0.2) is 0 Å². The summed E-state index contributed by atoms with van der Waals surface area (Å²) in [5.74, 6) is 1.58. The Morgan fingerprint density at radius 1 is 0.935 bits per heavy atom. The third-order valence-electron chi connectivity index (χ3n) is 7.53. The summed E-state index contributed by atoms with van der Waals surface area (Å²) in [5, 5.41) is 39.7. The molecule has 0 aromatic carbocycles. The molecule has 186 valence electrons. The molecule has 0 saturated carbocycles. The molecule has 0 aromatic rings. The van der Waals surface area contributed by atoms with E-state index >= 15 is 0 Å². The van der Waals surface area contributed by atoms with E-state index < -0.39 is 11.7 Å². The van der Waals surface area contributed by atoms with Crippen molar-refractivity contribution in [2.75, 3.05) is 6.61 Å². The monoisotopic (exact) mass is 444 g/mol. The number of hydrogen-bond acceptors (Lipinski definition) is 5. The topological polar surface area (TPSA) is 93.5 Å². The van der Waals surface area contributed by atoms with Crippen LogP contribution in [0.1, 0.15) is 112 Å². The van der Waals surface area contributed by atoms with Gasteiger partial charge in [0, 0.05) is 6.61 Å². The second-order valence-corrected chi connectivity index (χ2v) is 11.1. The molecule has 0 amide bonds. The van der Waals surface area contributed by atoms with Crippen LogP contribution in [-0.4, -0.2) is 56.5 Å². The zero-order valence-electron chi connectivity index (χ0n) is 21.1. The molecule has 8 unspecified atom stereocenters. The number of aliphatic hydroxyl groups is 4. The van der Waals surface area contributed by atoms with Gasteiger partial charge in [-0.1, -0.05) is 53.4 Å². The second-order valence-electron chi connectivity index (χ2n) is 11.1. The largest absolute Gasteiger partial charge is 0.396 e. The van der Waals surface area contributed by atoms with E-state index in [2.05, 4.69) is 27.7 Å². The molecular formula is C26H52O5. The van der Waals surface area contributed by atoms with Crippen LogP contribution >= 0.6 is 0 Å². The first kappa shape index (κ1) is 28.8. The Morgan fingerprint density at radius 3 is 2.10 bits per heavy atom. The lowest BCUT2D eigenvalue weighted by atomic mass is 9.84. The van der Waals surface area contributed by atoms with Gasteiger partial charge >= 0.3 is 0 Å². The van der Waals surface area contributed by atoms with E-state index in [1.165, 1.54) is 12.8 Å². The fourth-order valence-electron chi connectivity index (χ4n) is 5.18. The van der Waals surface area contributed by atoms with Crippen LogP contribution in [0, 0.1) is 17.8 Å². The Kier molecular flexibility index (Phi) is 12.5. The lowest BCUT2D eigenvalue weighted by Gasteiger charge is -2.26. The third-order valence-corrected chi connectivity index (χ3v) is 7.53. The van der Waals surface area contributed by atoms with Gasteiger partial charge in [-0.25, -0.2) is 0 Å². The Labute approximate surface area is 191 Å². The number of rotatable bonds is 18. The van der Waals surface area contributed by atoms with Crippen LogP contribution in [0.4, 0.5) is 0 Å². The van der Waals surface area contributed by atoms with Crippen LogP contribution in [0.25, 0.3) is 0 Å². The Morgan fingerprint density at radius 2 is 1.55 bits per heavy atom. The van der Waals surface area contributed by atoms with Crippen molar-refractivity contribution in [1.29, 1.82) is 0 Å². The van der Waals surface area contributed by atoms with E-state index in [-0.39, 0.29) is 30.3 Å². The van der Waals surface area contributed by atoms with Crippen molar-refractivity contribution in [3.63, 3.8) is 0 Å². The molecule has 0 aromatic heterocycles. The minimum absolute atomic E-state index is 0.00831. The molecular weight excluding hydrogens is 392 g/mol. The van der Waals surface area contributed by atoms with Crippen LogP contribution in [0.3, 0.4) is 0 Å². The predicted octanol–water partition coefficient (Wildman–Crippen LogP) is 4.83. The van der Waals surface area contributed by atoms with Crippen LogP contribution in [-0.2, 0) is 4.74 Å². The normalized spacial score (nSPS) is 27.9. The van der Waals surface area contributed by atoms with E-state index in [0.29, 0.717) is 31.1 Å². The average Bonchev–Trinajstić information content (AvgIpc) is 3.37. The molecule has 0 bridgehead atoms. The van der Waals surface area contributed by atoms with Crippen LogP contribution < -0.4 is 0 Å². The highest BCUT2D eigenvalue weighted by Crippen LogP contribution is 2.44. The zero-order chi connectivity index (χ0) is 23.7. The van der Waals surface area contributed by atoms with Crippen molar-refractivity contribution < 1.29 is 25.2 Å². The number of aliphatic hydroxyl groups excluding tert-OH is 3. The van der Waals surface area contributed by atoms with Crippen LogP contribution in [0.5, 0.6) is 0 Å². The summed E-state index contributed by atoms with van der Waals surface area (Å²) in [6, 6.07) is 0. The SMILES string of the molecule is CCC1OC1(C)C(O)C(C)CCCC(C)CC(C)CCCC(C)(O)CCC(O)CCO. The van der Waals surface area contributed by atoms with Gasteiger partial charge in [0.1, 0.15) is 5.60 Å². The standard InChI is InChI=1S/C26H52O5/c1-7-23-26(6,31-23)24(29)21(4)12-8-10-19(2)18-20(3)11-9-15-25(5,30)16-13-22(28)14-17-27/h19-24,27-30H,7-18H2,1-6H3. The summed E-state index contributed by atoms with van der Waals surface area (Å²) in [5.41, 5.74) is -1.07. The average molecular weight is 445 g/mol. The van der Waals surface area contributed by atoms with Gasteiger partial charge in [0.2, 0.25) is 0 Å². The van der Waals surface area contributed by atoms with E-state index in [9.17, 15) is 15.3 Å². The van der Waals surface area contributed by atoms with Crippen molar-refractivity contribution in [3.05, 3.63) is 0 Å². The van der Waals surface area contributed by atoms with Gasteiger partial charge in [-0.15, -0.1) is 0 Å². The van der Waals surface area contributed by atoms with Crippen molar-refractivity contribution in [2.24, 2.45) is 17.8 Å². The number of ether oxygens (including phenoxy) is 1. The third kappa shape index (κ3) is 10.5. The summed E-state index contributed by atoms with van der Waals surface area (Å²) in [7, 11) is 0. The van der Waals surface area contributed by atoms with Crippen LogP contribution in [0.15, 0.2) is 0 Å². The molecule has 1 heterocycles. The summed E-state index contributed by atoms with van der Waals surface area (Å²) in [6.45, 7) is 12.8. The summed E-state index contributed by atoms with van der Waals surface area (Å²) in [4.78, 5) is 0. The van der Waals surface area contributed by atoms with E-state index in [1.54, 1.807) is 0 Å². The molecule has 1 aliphatic rings. The van der Waals surface area contributed by atoms with E-state index in [0.717, 1.165) is 38.5 Å². The van der Waals surface area contributed by atoms with Gasteiger partial charge in [0.05, 0.1) is 23.9 Å². The molecule has 31 heavy (non-hydrogen) atoms.